The van der Waals surface area contributed by atoms with Crippen LogP contribution in [-0.4, -0.2) is 22.9 Å². The number of aromatic nitrogens is 2. The van der Waals surface area contributed by atoms with E-state index in [0.29, 0.717) is 0 Å². The van der Waals surface area contributed by atoms with E-state index in [1.807, 2.05) is 44.6 Å². The van der Waals surface area contributed by atoms with Crippen molar-refractivity contribution in [3.63, 3.8) is 0 Å². The van der Waals surface area contributed by atoms with Gasteiger partial charge >= 0.3 is 0 Å². The average Bonchev–Trinajstić information content (AvgIpc) is 2.80. The smallest absolute Gasteiger partial charge is 0.120 e. The summed E-state index contributed by atoms with van der Waals surface area (Å²) in [7, 11) is 1.98. The van der Waals surface area contributed by atoms with Gasteiger partial charge in [0.15, 0.2) is 0 Å². The molecule has 0 aliphatic carbocycles. The molecule has 0 amide bonds. The van der Waals surface area contributed by atoms with Crippen LogP contribution in [0.5, 0.6) is 5.75 Å². The maximum absolute atomic E-state index is 5.80. The summed E-state index contributed by atoms with van der Waals surface area (Å²) in [5.41, 5.74) is 3.41. The van der Waals surface area contributed by atoms with Gasteiger partial charge in [-0.05, 0) is 58.5 Å². The van der Waals surface area contributed by atoms with Crippen LogP contribution in [0.1, 0.15) is 43.8 Å². The number of rotatable bonds is 6. The van der Waals surface area contributed by atoms with Crippen LogP contribution in [-0.2, 0) is 6.54 Å². The van der Waals surface area contributed by atoms with Crippen LogP contribution in [0, 0.1) is 6.92 Å². The molecular weight excluding hydrogens is 262 g/mol. The van der Waals surface area contributed by atoms with Crippen molar-refractivity contribution in [1.82, 2.24) is 15.1 Å². The molecule has 4 nitrogen and oxygen atoms in total. The third-order valence-corrected chi connectivity index (χ3v) is 3.38. The Morgan fingerprint density at radius 3 is 2.67 bits per heavy atom. The molecule has 2 aromatic rings. The van der Waals surface area contributed by atoms with Gasteiger partial charge in [-0.15, -0.1) is 0 Å². The highest BCUT2D eigenvalue weighted by molar-refractivity contribution is 5.35. The Hall–Kier alpha value is -1.81. The van der Waals surface area contributed by atoms with Crippen molar-refractivity contribution >= 4 is 0 Å². The van der Waals surface area contributed by atoms with Gasteiger partial charge in [-0.3, -0.25) is 4.68 Å². The Morgan fingerprint density at radius 2 is 2.05 bits per heavy atom. The van der Waals surface area contributed by atoms with Crippen LogP contribution in [0.25, 0.3) is 0 Å². The number of hydrogen-bond donors (Lipinski definition) is 1. The molecule has 1 heterocycles. The molecule has 0 bridgehead atoms. The Labute approximate surface area is 127 Å². The molecule has 4 heteroatoms. The maximum atomic E-state index is 5.80. The van der Waals surface area contributed by atoms with Gasteiger partial charge in [0.05, 0.1) is 23.5 Å². The van der Waals surface area contributed by atoms with Crippen LogP contribution in [0.15, 0.2) is 30.3 Å². The topological polar surface area (TPSA) is 39.1 Å². The highest BCUT2D eigenvalue weighted by Crippen LogP contribution is 2.26. The molecule has 114 valence electrons. The van der Waals surface area contributed by atoms with Gasteiger partial charge < -0.3 is 10.1 Å². The summed E-state index contributed by atoms with van der Waals surface area (Å²) in [4.78, 5) is 0. The molecule has 2 rings (SSSR count). The molecule has 0 saturated heterocycles. The van der Waals surface area contributed by atoms with Crippen molar-refractivity contribution in [2.45, 2.75) is 46.4 Å². The zero-order chi connectivity index (χ0) is 15.4. The largest absolute Gasteiger partial charge is 0.491 e. The van der Waals surface area contributed by atoms with Crippen molar-refractivity contribution in [2.75, 3.05) is 7.05 Å². The minimum absolute atomic E-state index is 0.113. The quantitative estimate of drug-likeness (QED) is 0.886. The monoisotopic (exact) mass is 287 g/mol. The van der Waals surface area contributed by atoms with Crippen LogP contribution >= 0.6 is 0 Å². The fourth-order valence-electron chi connectivity index (χ4n) is 2.58. The van der Waals surface area contributed by atoms with E-state index >= 15 is 0 Å². The second-order valence-electron chi connectivity index (χ2n) is 5.49. The fraction of sp³-hybridized carbons (Fsp3) is 0.471. The van der Waals surface area contributed by atoms with E-state index in [-0.39, 0.29) is 12.1 Å². The Kier molecular flexibility index (Phi) is 5.02. The first kappa shape index (κ1) is 15.6. The Morgan fingerprint density at radius 1 is 1.29 bits per heavy atom. The molecule has 0 aliphatic heterocycles. The fourth-order valence-corrected chi connectivity index (χ4v) is 2.58. The summed E-state index contributed by atoms with van der Waals surface area (Å²) >= 11 is 0. The van der Waals surface area contributed by atoms with Gasteiger partial charge in [-0.1, -0.05) is 12.1 Å². The lowest BCUT2D eigenvalue weighted by Crippen LogP contribution is -2.21. The lowest BCUT2D eigenvalue weighted by molar-refractivity contribution is 0.242. The van der Waals surface area contributed by atoms with E-state index in [1.54, 1.807) is 0 Å². The first-order valence-corrected chi connectivity index (χ1v) is 7.53. The van der Waals surface area contributed by atoms with Gasteiger partial charge in [0.2, 0.25) is 0 Å². The highest BCUT2D eigenvalue weighted by Gasteiger charge is 2.18. The van der Waals surface area contributed by atoms with E-state index in [1.165, 1.54) is 11.3 Å². The van der Waals surface area contributed by atoms with E-state index < -0.39 is 0 Å². The minimum Gasteiger partial charge on any atom is -0.491 e. The molecule has 1 aromatic heterocycles. The number of ether oxygens (including phenoxy) is 1. The molecule has 1 unspecified atom stereocenters. The Balaban J connectivity index is 2.36. The van der Waals surface area contributed by atoms with E-state index in [0.717, 1.165) is 18.0 Å². The minimum atomic E-state index is 0.113. The highest BCUT2D eigenvalue weighted by atomic mass is 16.5. The first-order valence-electron chi connectivity index (χ1n) is 7.53. The predicted molar refractivity (Wildman–Crippen MR) is 85.7 cm³/mol. The van der Waals surface area contributed by atoms with Gasteiger partial charge in [0.1, 0.15) is 5.75 Å². The SMILES string of the molecule is CCn1nc(C)cc1C(NC)c1cccc(OC(C)C)c1. The second kappa shape index (κ2) is 6.76. The lowest BCUT2D eigenvalue weighted by atomic mass is 10.0. The summed E-state index contributed by atoms with van der Waals surface area (Å²) in [5.74, 6) is 0.905. The molecule has 0 saturated carbocycles. The van der Waals surface area contributed by atoms with Crippen molar-refractivity contribution in [2.24, 2.45) is 0 Å². The van der Waals surface area contributed by atoms with Crippen molar-refractivity contribution in [1.29, 1.82) is 0 Å². The number of benzene rings is 1. The summed E-state index contributed by atoms with van der Waals surface area (Å²) in [6.45, 7) is 9.08. The van der Waals surface area contributed by atoms with E-state index in [9.17, 15) is 0 Å². The molecule has 21 heavy (non-hydrogen) atoms. The van der Waals surface area contributed by atoms with Crippen LogP contribution in [0.4, 0.5) is 0 Å². The average molecular weight is 287 g/mol. The third-order valence-electron chi connectivity index (χ3n) is 3.38. The Bertz CT molecular complexity index is 589. The molecule has 0 aliphatic rings. The third kappa shape index (κ3) is 3.64. The van der Waals surface area contributed by atoms with E-state index in [2.05, 4.69) is 35.5 Å². The van der Waals surface area contributed by atoms with Crippen LogP contribution in [0.3, 0.4) is 0 Å². The summed E-state index contributed by atoms with van der Waals surface area (Å²) in [5, 5.41) is 7.93. The first-order chi connectivity index (χ1) is 10.0. The summed E-state index contributed by atoms with van der Waals surface area (Å²) in [6, 6.07) is 10.5. The van der Waals surface area contributed by atoms with Gasteiger partial charge in [-0.2, -0.15) is 5.10 Å². The molecule has 0 fully saturated rings. The second-order valence-corrected chi connectivity index (χ2v) is 5.49. The number of nitrogens with zero attached hydrogens (tertiary/aromatic N) is 2. The summed E-state index contributed by atoms with van der Waals surface area (Å²) < 4.78 is 7.85. The maximum Gasteiger partial charge on any atom is 0.120 e. The van der Waals surface area contributed by atoms with E-state index in [4.69, 9.17) is 4.74 Å². The molecule has 0 spiro atoms. The normalized spacial score (nSPS) is 12.7. The van der Waals surface area contributed by atoms with Gasteiger partial charge in [0.25, 0.3) is 0 Å². The number of nitrogens with one attached hydrogen (secondary N) is 1. The van der Waals surface area contributed by atoms with Gasteiger partial charge in [-0.25, -0.2) is 0 Å². The van der Waals surface area contributed by atoms with Crippen LogP contribution in [0.2, 0.25) is 0 Å². The van der Waals surface area contributed by atoms with Crippen molar-refractivity contribution in [3.8, 4) is 5.75 Å². The van der Waals surface area contributed by atoms with Crippen molar-refractivity contribution in [3.05, 3.63) is 47.3 Å². The van der Waals surface area contributed by atoms with Crippen LogP contribution < -0.4 is 10.1 Å². The summed E-state index contributed by atoms with van der Waals surface area (Å²) in [6.07, 6.45) is 0.177. The standard InChI is InChI=1S/C17H25N3O/c1-6-20-16(10-13(4)19-20)17(18-5)14-8-7-9-15(11-14)21-12(2)3/h7-12,17-18H,6H2,1-5H3. The van der Waals surface area contributed by atoms with Crippen molar-refractivity contribution < 1.29 is 4.74 Å². The number of hydrogen-bond acceptors (Lipinski definition) is 3. The molecular formula is C17H25N3O. The lowest BCUT2D eigenvalue weighted by Gasteiger charge is -2.19. The number of aryl methyl sites for hydroxylation is 2. The van der Waals surface area contributed by atoms with Gasteiger partial charge in [0, 0.05) is 6.54 Å². The zero-order valence-electron chi connectivity index (χ0n) is 13.6. The molecule has 1 aromatic carbocycles. The predicted octanol–water partition coefficient (Wildman–Crippen LogP) is 3.31. The molecule has 1 atom stereocenters. The molecule has 1 N–H and O–H groups in total. The molecule has 0 radical (unpaired) electrons. The zero-order valence-corrected chi connectivity index (χ0v) is 13.6.